The highest BCUT2D eigenvalue weighted by atomic mass is 32.2. The van der Waals surface area contributed by atoms with E-state index < -0.39 is 33.6 Å². The lowest BCUT2D eigenvalue weighted by atomic mass is 10.0. The maximum Gasteiger partial charge on any atom is 0.297 e. The molecule has 0 aromatic heterocycles. The smallest absolute Gasteiger partial charge is 0.297 e. The van der Waals surface area contributed by atoms with Crippen molar-refractivity contribution in [3.63, 3.8) is 0 Å². The quantitative estimate of drug-likeness (QED) is 0.321. The van der Waals surface area contributed by atoms with Gasteiger partial charge < -0.3 is 9.47 Å². The predicted molar refractivity (Wildman–Crippen MR) is 155 cm³/mol. The third-order valence-corrected chi connectivity index (χ3v) is 7.90. The van der Waals surface area contributed by atoms with Gasteiger partial charge in [-0.2, -0.15) is 8.42 Å². The number of fused-ring (bicyclic) bond motifs is 1. The Labute approximate surface area is 241 Å². The topological polar surface area (TPSA) is 111 Å². The highest BCUT2D eigenvalue weighted by Gasteiger charge is 2.33. The van der Waals surface area contributed by atoms with Crippen molar-refractivity contribution in [1.82, 2.24) is 10.4 Å². The second-order valence-electron chi connectivity index (χ2n) is 11.3. The molecule has 1 atom stereocenters. The van der Waals surface area contributed by atoms with Gasteiger partial charge in [-0.05, 0) is 84.9 Å². The van der Waals surface area contributed by atoms with Crippen molar-refractivity contribution < 1.29 is 31.7 Å². The summed E-state index contributed by atoms with van der Waals surface area (Å²) in [6.07, 6.45) is -0.727. The third kappa shape index (κ3) is 6.89. The molecule has 2 amide bonds. The molecule has 218 valence electrons. The van der Waals surface area contributed by atoms with Gasteiger partial charge >= 0.3 is 0 Å². The first kappa shape index (κ1) is 30.1. The van der Waals surface area contributed by atoms with Gasteiger partial charge in [-0.3, -0.25) is 19.2 Å². The lowest BCUT2D eigenvalue weighted by Crippen LogP contribution is -2.56. The molecule has 0 bridgehead atoms. The fraction of sp³-hybridized carbons (Fsp3) is 0.355. The minimum atomic E-state index is -3.99. The zero-order valence-corrected chi connectivity index (χ0v) is 25.2. The number of hydrogen-bond acceptors (Lipinski definition) is 7. The van der Waals surface area contributed by atoms with Crippen LogP contribution in [0.5, 0.6) is 11.5 Å². The summed E-state index contributed by atoms with van der Waals surface area (Å²) in [5.74, 6) is -0.0853. The third-order valence-electron chi connectivity index (χ3n) is 6.60. The molecule has 1 N–H and O–H groups in total. The van der Waals surface area contributed by atoms with Crippen LogP contribution in [0.3, 0.4) is 0 Å². The van der Waals surface area contributed by atoms with Gasteiger partial charge in [-0.1, -0.05) is 34.9 Å². The number of ether oxygens (including phenoxy) is 2. The number of aryl methyl sites for hydroxylation is 3. The fourth-order valence-corrected chi connectivity index (χ4v) is 5.41. The molecular weight excluding hydrogens is 544 g/mol. The number of carbonyl (C=O) groups is 2. The summed E-state index contributed by atoms with van der Waals surface area (Å²) < 4.78 is 42.4. The molecule has 1 unspecified atom stereocenters. The van der Waals surface area contributed by atoms with E-state index in [2.05, 4.69) is 5.43 Å². The summed E-state index contributed by atoms with van der Waals surface area (Å²) >= 11 is 0. The van der Waals surface area contributed by atoms with Gasteiger partial charge in [0, 0.05) is 16.7 Å². The summed E-state index contributed by atoms with van der Waals surface area (Å²) in [6, 6.07) is 15.1. The van der Waals surface area contributed by atoms with Crippen molar-refractivity contribution in [3.05, 3.63) is 88.0 Å². The van der Waals surface area contributed by atoms with Crippen LogP contribution in [0.4, 0.5) is 0 Å². The molecule has 1 aliphatic heterocycles. The van der Waals surface area contributed by atoms with Crippen molar-refractivity contribution in [2.45, 2.75) is 65.0 Å². The van der Waals surface area contributed by atoms with Gasteiger partial charge in [-0.25, -0.2) is 5.01 Å². The molecule has 1 aliphatic rings. The van der Waals surface area contributed by atoms with Gasteiger partial charge in [0.2, 0.25) is 0 Å². The van der Waals surface area contributed by atoms with E-state index in [4.69, 9.17) is 13.7 Å². The van der Waals surface area contributed by atoms with Crippen LogP contribution in [0.25, 0.3) is 0 Å². The van der Waals surface area contributed by atoms with Crippen molar-refractivity contribution in [2.24, 2.45) is 0 Å². The lowest BCUT2D eigenvalue weighted by molar-refractivity contribution is 0.0353. The second kappa shape index (κ2) is 11.5. The number of rotatable bonds is 6. The number of carbonyl (C=O) groups excluding carboxylic acids is 2. The Balaban J connectivity index is 1.53. The molecular formula is C31H36N2O7S. The Kier molecular flexibility index (Phi) is 8.46. The largest absolute Gasteiger partial charge is 0.486 e. The van der Waals surface area contributed by atoms with Crippen LogP contribution in [0.1, 0.15) is 63.7 Å². The van der Waals surface area contributed by atoms with E-state index in [0.29, 0.717) is 28.2 Å². The van der Waals surface area contributed by atoms with E-state index in [0.717, 1.165) is 16.7 Å². The minimum Gasteiger partial charge on any atom is -0.486 e. The van der Waals surface area contributed by atoms with E-state index in [1.807, 2.05) is 47.6 Å². The molecule has 0 aliphatic carbocycles. The molecule has 0 saturated carbocycles. The van der Waals surface area contributed by atoms with Crippen LogP contribution in [0.15, 0.2) is 59.5 Å². The number of hydrogen-bond donors (Lipinski definition) is 1. The van der Waals surface area contributed by atoms with Crippen LogP contribution >= 0.6 is 0 Å². The Morgan fingerprint density at radius 3 is 2.20 bits per heavy atom. The molecule has 0 saturated heterocycles. The molecule has 1 heterocycles. The zero-order valence-electron chi connectivity index (χ0n) is 24.4. The van der Waals surface area contributed by atoms with Crippen molar-refractivity contribution >= 4 is 21.9 Å². The van der Waals surface area contributed by atoms with E-state index in [1.165, 1.54) is 17.1 Å². The summed E-state index contributed by atoms with van der Waals surface area (Å²) in [6.45, 7) is 12.7. The minimum absolute atomic E-state index is 0.0504. The second-order valence-corrected chi connectivity index (χ2v) is 12.9. The van der Waals surface area contributed by atoms with Gasteiger partial charge in [-0.15, -0.1) is 0 Å². The van der Waals surface area contributed by atoms with Crippen LogP contribution in [0, 0.1) is 27.7 Å². The summed E-state index contributed by atoms with van der Waals surface area (Å²) in [4.78, 5) is 27.0. The van der Waals surface area contributed by atoms with Crippen molar-refractivity contribution in [3.8, 4) is 11.5 Å². The fourth-order valence-electron chi connectivity index (χ4n) is 4.48. The maximum atomic E-state index is 13.8. The maximum absolute atomic E-state index is 13.8. The highest BCUT2D eigenvalue weighted by molar-refractivity contribution is 7.86. The first-order chi connectivity index (χ1) is 19.2. The molecule has 10 heteroatoms. The predicted octanol–water partition coefficient (Wildman–Crippen LogP) is 5.05. The average molecular weight is 581 g/mol. The van der Waals surface area contributed by atoms with E-state index in [9.17, 15) is 18.0 Å². The molecule has 3 aromatic rings. The Morgan fingerprint density at radius 1 is 0.951 bits per heavy atom. The molecule has 0 radical (unpaired) electrons. The lowest BCUT2D eigenvalue weighted by Gasteiger charge is -2.36. The van der Waals surface area contributed by atoms with Crippen molar-refractivity contribution in [2.75, 3.05) is 13.2 Å². The van der Waals surface area contributed by atoms with E-state index in [1.54, 1.807) is 43.3 Å². The molecule has 0 fully saturated rings. The number of hydrazine groups is 1. The number of nitrogens with zero attached hydrogens (tertiary/aromatic N) is 1. The standard InChI is InChI=1S/C31H36N2O7S/c1-19-8-10-25(11-9-19)41(36,37)39-18-24-17-38-27-13-12-26(22(4)28(27)40-24)30(35)33(31(5,6)7)32-29(34)23-15-20(2)14-21(3)16-23/h8-16,24H,17-18H2,1-7H3,(H,32,34). The summed E-state index contributed by atoms with van der Waals surface area (Å²) in [7, 11) is -3.99. The van der Waals surface area contributed by atoms with Crippen LogP contribution < -0.4 is 14.9 Å². The van der Waals surface area contributed by atoms with Gasteiger partial charge in [0.05, 0.1) is 10.4 Å². The number of nitrogens with one attached hydrogen (secondary N) is 1. The summed E-state index contributed by atoms with van der Waals surface area (Å²) in [5.41, 5.74) is 6.09. The van der Waals surface area contributed by atoms with Crippen LogP contribution in [-0.2, 0) is 14.3 Å². The van der Waals surface area contributed by atoms with Gasteiger partial charge in [0.25, 0.3) is 21.9 Å². The van der Waals surface area contributed by atoms with Crippen molar-refractivity contribution in [1.29, 1.82) is 0 Å². The van der Waals surface area contributed by atoms with Crippen LogP contribution in [0.2, 0.25) is 0 Å². The van der Waals surface area contributed by atoms with Gasteiger partial charge in [0.1, 0.15) is 13.2 Å². The van der Waals surface area contributed by atoms with E-state index >= 15 is 0 Å². The van der Waals surface area contributed by atoms with Crippen LogP contribution in [-0.4, -0.2) is 50.1 Å². The number of amides is 2. The molecule has 0 spiro atoms. The molecule has 41 heavy (non-hydrogen) atoms. The van der Waals surface area contributed by atoms with Gasteiger partial charge in [0.15, 0.2) is 17.6 Å². The Bertz CT molecular complexity index is 1550. The molecule has 9 nitrogen and oxygen atoms in total. The number of benzene rings is 3. The normalized spacial score (nSPS) is 14.9. The van der Waals surface area contributed by atoms with E-state index in [-0.39, 0.29) is 18.1 Å². The SMILES string of the molecule is Cc1ccc(S(=O)(=O)OCC2COc3ccc(C(=O)N(NC(=O)c4cc(C)cc(C)c4)C(C)(C)C)c(C)c3O2)cc1. The molecule has 4 rings (SSSR count). The monoisotopic (exact) mass is 580 g/mol. The molecule has 3 aromatic carbocycles. The Morgan fingerprint density at radius 2 is 1.59 bits per heavy atom. The Hall–Kier alpha value is -3.89. The summed E-state index contributed by atoms with van der Waals surface area (Å²) in [5, 5.41) is 1.31. The first-order valence-electron chi connectivity index (χ1n) is 13.3. The average Bonchev–Trinajstić information content (AvgIpc) is 2.89. The highest BCUT2D eigenvalue weighted by Crippen LogP contribution is 2.38. The first-order valence-corrected chi connectivity index (χ1v) is 14.7. The zero-order chi connectivity index (χ0) is 30.1.